The Bertz CT molecular complexity index is 1450. The van der Waals surface area contributed by atoms with E-state index in [0.29, 0.717) is 28.2 Å². The smallest absolute Gasteiger partial charge is 0.266 e. The standard InChI is InChI=1S/C24H23N7O/c1-13-9-6-7-12-18(13)31-22(29-17-11-8-10-14(2)19(17)23(31)32)16(4)27-21-20(26-5)15(3)28-24(25)30-21/h6-12,16H,1-4H3,(H3,25,27,28,30). The molecule has 8 nitrogen and oxygen atoms in total. The minimum Gasteiger partial charge on any atom is -0.369 e. The minimum absolute atomic E-state index is 0.0722. The number of rotatable bonds is 4. The minimum atomic E-state index is -0.457. The first-order valence-corrected chi connectivity index (χ1v) is 10.2. The molecule has 1 atom stereocenters. The number of hydrogen-bond donors (Lipinski definition) is 2. The van der Waals surface area contributed by atoms with Gasteiger partial charge in [0.05, 0.1) is 34.9 Å². The highest BCUT2D eigenvalue weighted by molar-refractivity contribution is 5.81. The van der Waals surface area contributed by atoms with Gasteiger partial charge in [0.1, 0.15) is 11.6 Å². The average Bonchev–Trinajstić information content (AvgIpc) is 2.74. The van der Waals surface area contributed by atoms with Crippen LogP contribution in [0.2, 0.25) is 0 Å². The zero-order valence-corrected chi connectivity index (χ0v) is 18.3. The largest absolute Gasteiger partial charge is 0.369 e. The topological polar surface area (TPSA) is 103 Å². The Balaban J connectivity index is 1.97. The van der Waals surface area contributed by atoms with Gasteiger partial charge in [0.2, 0.25) is 11.6 Å². The second-order valence-electron chi connectivity index (χ2n) is 7.71. The molecule has 4 rings (SSSR count). The third-order valence-corrected chi connectivity index (χ3v) is 5.42. The van der Waals surface area contributed by atoms with Gasteiger partial charge in [0, 0.05) is 0 Å². The second-order valence-corrected chi connectivity index (χ2v) is 7.71. The molecule has 4 aromatic rings. The Kier molecular flexibility index (Phi) is 5.33. The van der Waals surface area contributed by atoms with E-state index in [2.05, 4.69) is 20.1 Å². The van der Waals surface area contributed by atoms with Crippen LogP contribution in [0.3, 0.4) is 0 Å². The third-order valence-electron chi connectivity index (χ3n) is 5.42. The summed E-state index contributed by atoms with van der Waals surface area (Å²) in [5.74, 6) is 0.892. The monoisotopic (exact) mass is 425 g/mol. The summed E-state index contributed by atoms with van der Waals surface area (Å²) < 4.78 is 1.64. The van der Waals surface area contributed by atoms with E-state index < -0.39 is 6.04 Å². The number of fused-ring (bicyclic) bond motifs is 1. The number of hydrogen-bond acceptors (Lipinski definition) is 6. The van der Waals surface area contributed by atoms with E-state index >= 15 is 0 Å². The first-order chi connectivity index (χ1) is 15.3. The van der Waals surface area contributed by atoms with Crippen LogP contribution in [-0.2, 0) is 0 Å². The van der Waals surface area contributed by atoms with Crippen LogP contribution in [0.5, 0.6) is 0 Å². The summed E-state index contributed by atoms with van der Waals surface area (Å²) in [5, 5.41) is 3.81. The molecule has 160 valence electrons. The molecule has 0 spiro atoms. The molecule has 0 aliphatic carbocycles. The first kappa shape index (κ1) is 21.0. The van der Waals surface area contributed by atoms with Gasteiger partial charge in [-0.25, -0.2) is 19.8 Å². The first-order valence-electron chi connectivity index (χ1n) is 10.2. The molecule has 0 radical (unpaired) electrons. The molecule has 0 aliphatic heterocycles. The SMILES string of the molecule is [C-]#[N+]c1c(C)nc(N)nc1NC(C)c1nc2cccc(C)c2c(=O)n1-c1ccccc1C. The molecule has 1 unspecified atom stereocenters. The summed E-state index contributed by atoms with van der Waals surface area (Å²) in [7, 11) is 0. The molecular weight excluding hydrogens is 402 g/mol. The number of nitrogens with two attached hydrogens (primary N) is 1. The fourth-order valence-electron chi connectivity index (χ4n) is 3.84. The molecule has 32 heavy (non-hydrogen) atoms. The molecule has 0 saturated carbocycles. The van der Waals surface area contributed by atoms with Crippen LogP contribution in [0.4, 0.5) is 17.5 Å². The number of nitrogen functional groups attached to an aromatic ring is 1. The van der Waals surface area contributed by atoms with Crippen LogP contribution in [-0.4, -0.2) is 19.5 Å². The fraction of sp³-hybridized carbons (Fsp3) is 0.208. The van der Waals surface area contributed by atoms with Gasteiger partial charge >= 0.3 is 0 Å². The fourth-order valence-corrected chi connectivity index (χ4v) is 3.84. The summed E-state index contributed by atoms with van der Waals surface area (Å²) in [6.45, 7) is 15.0. The summed E-state index contributed by atoms with van der Waals surface area (Å²) in [6, 6.07) is 12.8. The van der Waals surface area contributed by atoms with Crippen molar-refractivity contribution in [3.8, 4) is 5.69 Å². The Morgan fingerprint density at radius 3 is 2.47 bits per heavy atom. The maximum Gasteiger partial charge on any atom is 0.266 e. The zero-order chi connectivity index (χ0) is 23.0. The molecular formula is C24H23N7O. The Hall–Kier alpha value is -4.25. The van der Waals surface area contributed by atoms with Crippen molar-refractivity contribution in [3.05, 3.63) is 86.9 Å². The van der Waals surface area contributed by atoms with Crippen molar-refractivity contribution >= 4 is 28.4 Å². The predicted octanol–water partition coefficient (Wildman–Crippen LogP) is 4.41. The lowest BCUT2D eigenvalue weighted by molar-refractivity contribution is 0.729. The molecule has 2 aromatic carbocycles. The van der Waals surface area contributed by atoms with Crippen molar-refractivity contribution in [1.82, 2.24) is 19.5 Å². The average molecular weight is 425 g/mol. The van der Waals surface area contributed by atoms with Crippen LogP contribution >= 0.6 is 0 Å². The van der Waals surface area contributed by atoms with Crippen molar-refractivity contribution in [2.75, 3.05) is 11.1 Å². The zero-order valence-electron chi connectivity index (χ0n) is 18.3. The third kappa shape index (κ3) is 3.54. The number of anilines is 2. The molecule has 8 heteroatoms. The van der Waals surface area contributed by atoms with Gasteiger partial charge in [-0.15, -0.1) is 0 Å². The maximum absolute atomic E-state index is 13.7. The van der Waals surface area contributed by atoms with Crippen LogP contribution < -0.4 is 16.6 Å². The van der Waals surface area contributed by atoms with Gasteiger partial charge in [0.15, 0.2) is 0 Å². The molecule has 2 aromatic heterocycles. The molecule has 3 N–H and O–H groups in total. The van der Waals surface area contributed by atoms with Crippen molar-refractivity contribution in [1.29, 1.82) is 0 Å². The van der Waals surface area contributed by atoms with Crippen LogP contribution in [0, 0.1) is 27.3 Å². The number of nitrogens with zero attached hydrogens (tertiary/aromatic N) is 5. The van der Waals surface area contributed by atoms with E-state index in [0.717, 1.165) is 16.8 Å². The lowest BCUT2D eigenvalue weighted by Crippen LogP contribution is -2.28. The summed E-state index contributed by atoms with van der Waals surface area (Å²) in [4.78, 5) is 30.4. The Morgan fingerprint density at radius 2 is 1.75 bits per heavy atom. The molecule has 0 saturated heterocycles. The van der Waals surface area contributed by atoms with Gasteiger partial charge in [-0.2, -0.15) is 0 Å². The normalized spacial score (nSPS) is 11.8. The summed E-state index contributed by atoms with van der Waals surface area (Å²) in [6.07, 6.45) is 0. The number of benzene rings is 2. The van der Waals surface area contributed by atoms with Gasteiger partial charge < -0.3 is 11.1 Å². The highest BCUT2D eigenvalue weighted by Gasteiger charge is 2.22. The van der Waals surface area contributed by atoms with E-state index in [1.807, 2.05) is 63.2 Å². The maximum atomic E-state index is 13.7. The Labute approximate surface area is 185 Å². The molecule has 2 heterocycles. The van der Waals surface area contributed by atoms with E-state index in [1.54, 1.807) is 11.5 Å². The lowest BCUT2D eigenvalue weighted by Gasteiger charge is -2.22. The molecule has 0 bridgehead atoms. The number of aryl methyl sites for hydroxylation is 3. The predicted molar refractivity (Wildman–Crippen MR) is 126 cm³/mol. The van der Waals surface area contributed by atoms with Crippen LogP contribution in [0.15, 0.2) is 47.3 Å². The van der Waals surface area contributed by atoms with Gasteiger partial charge in [-0.05, 0) is 51.0 Å². The van der Waals surface area contributed by atoms with Crippen LogP contribution in [0.1, 0.15) is 35.6 Å². The molecule has 0 fully saturated rings. The van der Waals surface area contributed by atoms with Crippen molar-refractivity contribution in [2.24, 2.45) is 0 Å². The summed E-state index contributed by atoms with van der Waals surface area (Å²) in [5.41, 5.74) is 9.63. The van der Waals surface area contributed by atoms with Crippen molar-refractivity contribution in [2.45, 2.75) is 33.7 Å². The van der Waals surface area contributed by atoms with E-state index in [4.69, 9.17) is 17.3 Å². The number of nitrogens with one attached hydrogen (secondary N) is 1. The van der Waals surface area contributed by atoms with E-state index in [-0.39, 0.29) is 17.2 Å². The number of para-hydroxylation sites is 1. The van der Waals surface area contributed by atoms with E-state index in [1.165, 1.54) is 0 Å². The second kappa shape index (κ2) is 8.12. The van der Waals surface area contributed by atoms with Gasteiger partial charge in [-0.1, -0.05) is 30.3 Å². The molecule has 0 aliphatic rings. The van der Waals surface area contributed by atoms with Crippen LogP contribution in [0.25, 0.3) is 21.4 Å². The van der Waals surface area contributed by atoms with E-state index in [9.17, 15) is 4.79 Å². The number of aromatic nitrogens is 4. The molecule has 0 amide bonds. The highest BCUT2D eigenvalue weighted by atomic mass is 16.1. The summed E-state index contributed by atoms with van der Waals surface area (Å²) >= 11 is 0. The van der Waals surface area contributed by atoms with Crippen molar-refractivity contribution < 1.29 is 0 Å². The highest BCUT2D eigenvalue weighted by Crippen LogP contribution is 2.30. The van der Waals surface area contributed by atoms with Gasteiger partial charge in [0.25, 0.3) is 5.56 Å². The van der Waals surface area contributed by atoms with Gasteiger partial charge in [-0.3, -0.25) is 9.36 Å². The Morgan fingerprint density at radius 1 is 1.03 bits per heavy atom. The lowest BCUT2D eigenvalue weighted by atomic mass is 10.1. The quantitative estimate of drug-likeness (QED) is 0.470. The van der Waals surface area contributed by atoms with Crippen molar-refractivity contribution in [3.63, 3.8) is 0 Å².